The van der Waals surface area contributed by atoms with Gasteiger partial charge in [-0.25, -0.2) is 4.79 Å². The smallest absolute Gasteiger partial charge is 0.315 e. The summed E-state index contributed by atoms with van der Waals surface area (Å²) in [6, 6.07) is 1.56. The van der Waals surface area contributed by atoms with E-state index >= 15 is 0 Å². The Labute approximate surface area is 74.4 Å². The third-order valence-electron chi connectivity index (χ3n) is 2.28. The molecule has 0 saturated carbocycles. The minimum Gasteiger partial charge on any atom is -0.315 e. The molecule has 0 aliphatic carbocycles. The molecule has 2 heterocycles. The summed E-state index contributed by atoms with van der Waals surface area (Å²) in [5.41, 5.74) is -0.659. The van der Waals surface area contributed by atoms with Crippen LogP contribution in [0.2, 0.25) is 0 Å². The van der Waals surface area contributed by atoms with Gasteiger partial charge in [0.1, 0.15) is 0 Å². The fraction of sp³-hybridized carbons (Fsp3) is 0.500. The van der Waals surface area contributed by atoms with Crippen LogP contribution in [0.5, 0.6) is 0 Å². The molecule has 70 valence electrons. The van der Waals surface area contributed by atoms with Crippen molar-refractivity contribution in [1.29, 1.82) is 0 Å². The quantitative estimate of drug-likeness (QED) is 0.588. The summed E-state index contributed by atoms with van der Waals surface area (Å²) in [6.07, 6.45) is 2.49. The van der Waals surface area contributed by atoms with Gasteiger partial charge in [0, 0.05) is 18.8 Å². The minimum atomic E-state index is -0.341. The molecule has 0 spiro atoms. The van der Waals surface area contributed by atoms with Crippen LogP contribution in [0, 0.1) is 0 Å². The number of H-pyrrole nitrogens is 1. The van der Waals surface area contributed by atoms with Crippen molar-refractivity contribution in [1.82, 2.24) is 14.9 Å². The van der Waals surface area contributed by atoms with Gasteiger partial charge in [-0.3, -0.25) is 14.3 Å². The second kappa shape index (κ2) is 3.18. The molecule has 1 aromatic heterocycles. The van der Waals surface area contributed by atoms with E-state index in [-0.39, 0.29) is 17.3 Å². The van der Waals surface area contributed by atoms with Gasteiger partial charge in [-0.15, -0.1) is 0 Å². The van der Waals surface area contributed by atoms with Gasteiger partial charge >= 0.3 is 5.69 Å². The van der Waals surface area contributed by atoms with Crippen molar-refractivity contribution in [3.63, 3.8) is 0 Å². The molecule has 0 bridgehead atoms. The standard InChI is InChI=1S/C8H11N3O2/c12-7-2-4-11(8(13)10-7)6-1-3-9-5-6/h2,4,6,9H,1,3,5H2,(H,10,12,13)/t6-/m1/s1. The molecule has 0 amide bonds. The summed E-state index contributed by atoms with van der Waals surface area (Å²) in [4.78, 5) is 24.3. The van der Waals surface area contributed by atoms with Crippen molar-refractivity contribution in [2.75, 3.05) is 13.1 Å². The van der Waals surface area contributed by atoms with Crippen LogP contribution in [-0.4, -0.2) is 22.6 Å². The van der Waals surface area contributed by atoms with Gasteiger partial charge in [-0.05, 0) is 13.0 Å². The number of rotatable bonds is 1. The molecule has 5 heteroatoms. The Morgan fingerprint density at radius 1 is 1.46 bits per heavy atom. The van der Waals surface area contributed by atoms with Gasteiger partial charge in [-0.2, -0.15) is 0 Å². The first-order valence-electron chi connectivity index (χ1n) is 4.29. The molecule has 5 nitrogen and oxygen atoms in total. The van der Waals surface area contributed by atoms with Gasteiger partial charge in [-0.1, -0.05) is 0 Å². The van der Waals surface area contributed by atoms with E-state index < -0.39 is 0 Å². The predicted molar refractivity (Wildman–Crippen MR) is 47.8 cm³/mol. The number of aromatic nitrogens is 2. The zero-order valence-corrected chi connectivity index (χ0v) is 7.12. The predicted octanol–water partition coefficient (Wildman–Crippen LogP) is -0.929. The van der Waals surface area contributed by atoms with Crippen LogP contribution >= 0.6 is 0 Å². The molecule has 2 rings (SSSR count). The van der Waals surface area contributed by atoms with Crippen molar-refractivity contribution in [2.45, 2.75) is 12.5 Å². The second-order valence-electron chi connectivity index (χ2n) is 3.16. The second-order valence-corrected chi connectivity index (χ2v) is 3.16. The van der Waals surface area contributed by atoms with Gasteiger partial charge in [0.2, 0.25) is 0 Å². The molecular formula is C8H11N3O2. The van der Waals surface area contributed by atoms with Crippen molar-refractivity contribution in [2.24, 2.45) is 0 Å². The third-order valence-corrected chi connectivity index (χ3v) is 2.28. The molecule has 1 saturated heterocycles. The van der Waals surface area contributed by atoms with Gasteiger partial charge in [0.25, 0.3) is 5.56 Å². The molecular weight excluding hydrogens is 170 g/mol. The first-order valence-corrected chi connectivity index (χ1v) is 4.29. The lowest BCUT2D eigenvalue weighted by Gasteiger charge is -2.10. The van der Waals surface area contributed by atoms with Crippen LogP contribution in [0.4, 0.5) is 0 Å². The highest BCUT2D eigenvalue weighted by atomic mass is 16.2. The average molecular weight is 181 g/mol. The number of nitrogens with zero attached hydrogens (tertiary/aromatic N) is 1. The monoisotopic (exact) mass is 181 g/mol. The summed E-state index contributed by atoms with van der Waals surface area (Å²) in [7, 11) is 0. The van der Waals surface area contributed by atoms with Crippen molar-refractivity contribution in [3.8, 4) is 0 Å². The topological polar surface area (TPSA) is 66.9 Å². The van der Waals surface area contributed by atoms with Crippen LogP contribution in [0.1, 0.15) is 12.5 Å². The molecule has 0 radical (unpaired) electrons. The fourth-order valence-electron chi connectivity index (χ4n) is 1.59. The summed E-state index contributed by atoms with van der Waals surface area (Å²) in [5, 5.41) is 3.16. The maximum absolute atomic E-state index is 11.3. The lowest BCUT2D eigenvalue weighted by Crippen LogP contribution is -2.32. The molecule has 1 aliphatic heterocycles. The number of hydrogen-bond acceptors (Lipinski definition) is 3. The fourth-order valence-corrected chi connectivity index (χ4v) is 1.59. The molecule has 1 aliphatic rings. The van der Waals surface area contributed by atoms with Crippen molar-refractivity contribution in [3.05, 3.63) is 33.1 Å². The Balaban J connectivity index is 2.40. The first-order chi connectivity index (χ1) is 6.27. The summed E-state index contributed by atoms with van der Waals surface area (Å²) in [5.74, 6) is 0. The van der Waals surface area contributed by atoms with E-state index in [1.807, 2.05) is 0 Å². The number of hydrogen-bond donors (Lipinski definition) is 2. The average Bonchev–Trinajstić information content (AvgIpc) is 2.56. The van der Waals surface area contributed by atoms with Gasteiger partial charge in [0.15, 0.2) is 0 Å². The van der Waals surface area contributed by atoms with E-state index in [0.717, 1.165) is 19.5 Å². The SMILES string of the molecule is O=c1ccn([C@@H]2CCNC2)c(=O)[nH]1. The zero-order valence-electron chi connectivity index (χ0n) is 7.12. The number of aromatic amines is 1. The molecule has 2 N–H and O–H groups in total. The Morgan fingerprint density at radius 2 is 2.31 bits per heavy atom. The molecule has 1 fully saturated rings. The van der Waals surface area contributed by atoms with Crippen molar-refractivity contribution < 1.29 is 0 Å². The molecule has 1 aromatic rings. The van der Waals surface area contributed by atoms with E-state index in [1.165, 1.54) is 6.07 Å². The molecule has 0 unspecified atom stereocenters. The third kappa shape index (κ3) is 1.55. The highest BCUT2D eigenvalue weighted by molar-refractivity contribution is 4.88. The zero-order chi connectivity index (χ0) is 9.26. The van der Waals surface area contributed by atoms with Crippen LogP contribution in [0.15, 0.2) is 21.9 Å². The van der Waals surface area contributed by atoms with Gasteiger partial charge < -0.3 is 5.32 Å². The summed E-state index contributed by atoms with van der Waals surface area (Å²) < 4.78 is 1.57. The highest BCUT2D eigenvalue weighted by Gasteiger charge is 2.16. The maximum atomic E-state index is 11.3. The van der Waals surface area contributed by atoms with Gasteiger partial charge in [0.05, 0.1) is 6.04 Å². The van der Waals surface area contributed by atoms with Crippen molar-refractivity contribution >= 4 is 0 Å². The van der Waals surface area contributed by atoms with Crippen LogP contribution in [0.3, 0.4) is 0 Å². The maximum Gasteiger partial charge on any atom is 0.328 e. The lowest BCUT2D eigenvalue weighted by molar-refractivity contribution is 0.516. The van der Waals surface area contributed by atoms with Crippen LogP contribution < -0.4 is 16.6 Å². The molecule has 0 aromatic carbocycles. The Hall–Kier alpha value is -1.36. The van der Waals surface area contributed by atoms with E-state index in [1.54, 1.807) is 10.8 Å². The van der Waals surface area contributed by atoms with E-state index in [2.05, 4.69) is 10.3 Å². The Kier molecular flexibility index (Phi) is 2.02. The largest absolute Gasteiger partial charge is 0.328 e. The summed E-state index contributed by atoms with van der Waals surface area (Å²) in [6.45, 7) is 1.72. The lowest BCUT2D eigenvalue weighted by atomic mass is 10.2. The number of nitrogens with one attached hydrogen (secondary N) is 2. The summed E-state index contributed by atoms with van der Waals surface area (Å²) >= 11 is 0. The highest BCUT2D eigenvalue weighted by Crippen LogP contribution is 2.10. The normalized spacial score (nSPS) is 22.0. The van der Waals surface area contributed by atoms with Crippen LogP contribution in [-0.2, 0) is 0 Å². The van der Waals surface area contributed by atoms with E-state index in [9.17, 15) is 9.59 Å². The van der Waals surface area contributed by atoms with Crippen LogP contribution in [0.25, 0.3) is 0 Å². The molecule has 13 heavy (non-hydrogen) atoms. The minimum absolute atomic E-state index is 0.185. The van der Waals surface area contributed by atoms with E-state index in [4.69, 9.17) is 0 Å². The molecule has 1 atom stereocenters. The first kappa shape index (κ1) is 8.25. The Morgan fingerprint density at radius 3 is 2.92 bits per heavy atom. The van der Waals surface area contributed by atoms with E-state index in [0.29, 0.717) is 0 Å². The Bertz CT molecular complexity index is 400.